The van der Waals surface area contributed by atoms with E-state index in [1.165, 1.54) is 12.1 Å². The summed E-state index contributed by atoms with van der Waals surface area (Å²) >= 11 is 0. The second-order valence-corrected chi connectivity index (χ2v) is 5.77. The van der Waals surface area contributed by atoms with Gasteiger partial charge in [-0.3, -0.25) is 9.59 Å². The third kappa shape index (κ3) is 2.24. The van der Waals surface area contributed by atoms with E-state index in [1.54, 1.807) is 30.3 Å². The summed E-state index contributed by atoms with van der Waals surface area (Å²) in [6.07, 6.45) is 0. The number of hydrogen-bond acceptors (Lipinski definition) is 2. The summed E-state index contributed by atoms with van der Waals surface area (Å²) in [5.41, 5.74) is 1.34. The van der Waals surface area contributed by atoms with Crippen LogP contribution in [0.5, 0.6) is 0 Å². The minimum Gasteiger partial charge on any atom is -0.325 e. The molecular formula is C17H15FN2O2. The first kappa shape index (κ1) is 14.3. The summed E-state index contributed by atoms with van der Waals surface area (Å²) in [7, 11) is 0. The maximum absolute atomic E-state index is 13.6. The molecule has 0 saturated carbocycles. The smallest absolute Gasteiger partial charge is 0.255 e. The van der Waals surface area contributed by atoms with Crippen molar-refractivity contribution in [2.24, 2.45) is 0 Å². The summed E-state index contributed by atoms with van der Waals surface area (Å²) in [5, 5.41) is 5.29. The summed E-state index contributed by atoms with van der Waals surface area (Å²) in [6.45, 7) is 3.65. The molecule has 0 atom stereocenters. The van der Waals surface area contributed by atoms with Crippen LogP contribution >= 0.6 is 0 Å². The highest BCUT2D eigenvalue weighted by molar-refractivity contribution is 6.09. The Labute approximate surface area is 127 Å². The molecule has 2 N–H and O–H groups in total. The van der Waals surface area contributed by atoms with Crippen LogP contribution in [0.4, 0.5) is 15.8 Å². The Morgan fingerprint density at radius 3 is 2.64 bits per heavy atom. The van der Waals surface area contributed by atoms with Crippen LogP contribution in [0.1, 0.15) is 29.8 Å². The first-order chi connectivity index (χ1) is 10.4. The van der Waals surface area contributed by atoms with Gasteiger partial charge < -0.3 is 10.6 Å². The average Bonchev–Trinajstić information content (AvgIpc) is 2.71. The molecule has 5 heteroatoms. The second-order valence-electron chi connectivity index (χ2n) is 5.77. The quantitative estimate of drug-likeness (QED) is 0.893. The molecule has 0 aromatic heterocycles. The number of rotatable bonds is 2. The van der Waals surface area contributed by atoms with Crippen LogP contribution in [0.3, 0.4) is 0 Å². The Morgan fingerprint density at radius 1 is 1.18 bits per heavy atom. The van der Waals surface area contributed by atoms with E-state index in [0.717, 1.165) is 5.56 Å². The third-order valence-electron chi connectivity index (χ3n) is 3.89. The Hall–Kier alpha value is -2.69. The molecule has 0 spiro atoms. The molecule has 0 radical (unpaired) electrons. The summed E-state index contributed by atoms with van der Waals surface area (Å²) in [5.74, 6) is -1.02. The fourth-order valence-corrected chi connectivity index (χ4v) is 2.49. The van der Waals surface area contributed by atoms with Gasteiger partial charge in [0.2, 0.25) is 5.91 Å². The first-order valence-electron chi connectivity index (χ1n) is 6.91. The molecule has 1 heterocycles. The Morgan fingerprint density at radius 2 is 1.91 bits per heavy atom. The largest absolute Gasteiger partial charge is 0.325 e. The van der Waals surface area contributed by atoms with E-state index in [2.05, 4.69) is 10.6 Å². The van der Waals surface area contributed by atoms with E-state index in [0.29, 0.717) is 11.3 Å². The highest BCUT2D eigenvalue weighted by Crippen LogP contribution is 2.37. The van der Waals surface area contributed by atoms with Crippen LogP contribution in [0.2, 0.25) is 0 Å². The fourth-order valence-electron chi connectivity index (χ4n) is 2.49. The van der Waals surface area contributed by atoms with Gasteiger partial charge in [0.25, 0.3) is 5.91 Å². The van der Waals surface area contributed by atoms with Crippen LogP contribution in [-0.2, 0) is 10.2 Å². The van der Waals surface area contributed by atoms with Crippen molar-refractivity contribution in [1.82, 2.24) is 0 Å². The predicted molar refractivity (Wildman–Crippen MR) is 82.5 cm³/mol. The molecule has 112 valence electrons. The molecule has 1 aliphatic rings. The molecule has 0 aliphatic carbocycles. The molecule has 2 aromatic carbocycles. The number of carbonyl (C=O) groups is 2. The molecule has 0 saturated heterocycles. The van der Waals surface area contributed by atoms with Gasteiger partial charge in [0.1, 0.15) is 5.82 Å². The van der Waals surface area contributed by atoms with E-state index in [4.69, 9.17) is 0 Å². The van der Waals surface area contributed by atoms with E-state index in [-0.39, 0.29) is 11.6 Å². The Kier molecular flexibility index (Phi) is 3.20. The van der Waals surface area contributed by atoms with Gasteiger partial charge in [-0.2, -0.15) is 0 Å². The number of halogens is 1. The average molecular weight is 298 g/mol. The molecule has 0 unspecified atom stereocenters. The molecule has 0 fully saturated rings. The molecule has 22 heavy (non-hydrogen) atoms. The normalized spacial score (nSPS) is 15.1. The van der Waals surface area contributed by atoms with Crippen molar-refractivity contribution in [3.05, 3.63) is 59.4 Å². The summed E-state index contributed by atoms with van der Waals surface area (Å²) < 4.78 is 13.6. The number of anilines is 2. The fraction of sp³-hybridized carbons (Fsp3) is 0.176. The SMILES string of the molecule is CC1(C)C(=O)Nc2cc(C(=O)Nc3ccccc3F)ccc21. The van der Waals surface area contributed by atoms with Crippen LogP contribution in [0.25, 0.3) is 0 Å². The molecule has 1 aliphatic heterocycles. The molecule has 2 amide bonds. The number of benzene rings is 2. The van der Waals surface area contributed by atoms with Gasteiger partial charge in [0.05, 0.1) is 11.1 Å². The number of hydrogen-bond donors (Lipinski definition) is 2. The first-order valence-corrected chi connectivity index (χ1v) is 6.91. The lowest BCUT2D eigenvalue weighted by molar-refractivity contribution is -0.119. The third-order valence-corrected chi connectivity index (χ3v) is 3.89. The number of para-hydroxylation sites is 1. The highest BCUT2D eigenvalue weighted by Gasteiger charge is 2.38. The lowest BCUT2D eigenvalue weighted by atomic mass is 9.86. The van der Waals surface area contributed by atoms with Gasteiger partial charge in [-0.25, -0.2) is 4.39 Å². The standard InChI is InChI=1S/C17H15FN2O2/c1-17(2)11-8-7-10(9-14(11)20-16(17)22)15(21)19-13-6-4-3-5-12(13)18/h3-9H,1-2H3,(H,19,21)(H,20,22). The molecule has 2 aromatic rings. The summed E-state index contributed by atoms with van der Waals surface area (Å²) in [6, 6.07) is 11.0. The lowest BCUT2D eigenvalue weighted by Crippen LogP contribution is -2.26. The van der Waals surface area contributed by atoms with E-state index in [9.17, 15) is 14.0 Å². The number of amides is 2. The van der Waals surface area contributed by atoms with Gasteiger partial charge in [-0.15, -0.1) is 0 Å². The zero-order valence-corrected chi connectivity index (χ0v) is 12.2. The van der Waals surface area contributed by atoms with Crippen LogP contribution in [0.15, 0.2) is 42.5 Å². The van der Waals surface area contributed by atoms with Crippen LogP contribution in [-0.4, -0.2) is 11.8 Å². The minimum atomic E-state index is -0.615. The van der Waals surface area contributed by atoms with Gasteiger partial charge >= 0.3 is 0 Å². The number of carbonyl (C=O) groups excluding carboxylic acids is 2. The van der Waals surface area contributed by atoms with E-state index < -0.39 is 17.1 Å². The van der Waals surface area contributed by atoms with Gasteiger partial charge in [-0.05, 0) is 43.7 Å². The maximum Gasteiger partial charge on any atom is 0.255 e. The van der Waals surface area contributed by atoms with E-state index in [1.807, 2.05) is 13.8 Å². The molecule has 4 nitrogen and oxygen atoms in total. The van der Waals surface area contributed by atoms with Crippen molar-refractivity contribution in [3.8, 4) is 0 Å². The van der Waals surface area contributed by atoms with Crippen molar-refractivity contribution >= 4 is 23.2 Å². The Bertz CT molecular complexity index is 784. The predicted octanol–water partition coefficient (Wildman–Crippen LogP) is 3.31. The topological polar surface area (TPSA) is 58.2 Å². The summed E-state index contributed by atoms with van der Waals surface area (Å²) in [4.78, 5) is 24.1. The van der Waals surface area contributed by atoms with Crippen LogP contribution in [0, 0.1) is 5.82 Å². The van der Waals surface area contributed by atoms with Crippen molar-refractivity contribution in [2.75, 3.05) is 10.6 Å². The van der Waals surface area contributed by atoms with Gasteiger partial charge in [-0.1, -0.05) is 18.2 Å². The van der Waals surface area contributed by atoms with Crippen molar-refractivity contribution in [2.45, 2.75) is 19.3 Å². The minimum absolute atomic E-state index is 0.103. The van der Waals surface area contributed by atoms with Crippen molar-refractivity contribution in [3.63, 3.8) is 0 Å². The van der Waals surface area contributed by atoms with Gasteiger partial charge in [0.15, 0.2) is 0 Å². The monoisotopic (exact) mass is 298 g/mol. The second kappa shape index (κ2) is 4.94. The van der Waals surface area contributed by atoms with Crippen LogP contribution < -0.4 is 10.6 Å². The highest BCUT2D eigenvalue weighted by atomic mass is 19.1. The number of fused-ring (bicyclic) bond motifs is 1. The van der Waals surface area contributed by atoms with Gasteiger partial charge in [0, 0.05) is 11.3 Å². The van der Waals surface area contributed by atoms with E-state index >= 15 is 0 Å². The Balaban J connectivity index is 1.88. The zero-order valence-electron chi connectivity index (χ0n) is 12.2. The zero-order chi connectivity index (χ0) is 15.9. The van der Waals surface area contributed by atoms with Crippen molar-refractivity contribution < 1.29 is 14.0 Å². The molecular weight excluding hydrogens is 283 g/mol. The maximum atomic E-state index is 13.6. The molecule has 0 bridgehead atoms. The number of nitrogens with one attached hydrogen (secondary N) is 2. The molecule has 3 rings (SSSR count). The van der Waals surface area contributed by atoms with Crippen molar-refractivity contribution in [1.29, 1.82) is 0 Å². The lowest BCUT2D eigenvalue weighted by Gasteiger charge is -2.15.